The standard InChI is InChI=1S/C32H34F2N6O5/c1-19-16-22(37-28-29-36-17-25(40(29)15-11-35-28)20-2-5-23(6-3-20)45-32(33)34)4-7-24(19)31(44)38-12-8-21(9-13-38)30(43)39-14-10-26(41)27(42)18-39/h2-7,11,15-17,21,26-27,32,41-42H,8-10,12-14,18H2,1H3,(H,35,37)/t26-,27-/m1/s1. The molecular weight excluding hydrogens is 586 g/mol. The highest BCUT2D eigenvalue weighted by molar-refractivity contribution is 5.96. The van der Waals surface area contributed by atoms with Gasteiger partial charge >= 0.3 is 6.61 Å². The zero-order chi connectivity index (χ0) is 31.7. The van der Waals surface area contributed by atoms with E-state index in [0.29, 0.717) is 55.9 Å². The number of aliphatic hydroxyl groups excluding tert-OH is 2. The van der Waals surface area contributed by atoms with Crippen LogP contribution in [0.1, 0.15) is 35.2 Å². The van der Waals surface area contributed by atoms with Gasteiger partial charge in [-0.05, 0) is 74.2 Å². The van der Waals surface area contributed by atoms with Gasteiger partial charge in [0, 0.05) is 61.3 Å². The number of halogens is 2. The smallest absolute Gasteiger partial charge is 0.387 e. The summed E-state index contributed by atoms with van der Waals surface area (Å²) in [4.78, 5) is 38.8. The second-order valence-electron chi connectivity index (χ2n) is 11.4. The minimum Gasteiger partial charge on any atom is -0.435 e. The third kappa shape index (κ3) is 6.45. The normalized spacial score (nSPS) is 19.2. The van der Waals surface area contributed by atoms with E-state index in [2.05, 4.69) is 20.0 Å². The van der Waals surface area contributed by atoms with Crippen molar-refractivity contribution in [3.05, 3.63) is 72.2 Å². The Morgan fingerprint density at radius 3 is 2.40 bits per heavy atom. The highest BCUT2D eigenvalue weighted by atomic mass is 19.3. The van der Waals surface area contributed by atoms with E-state index in [1.165, 1.54) is 12.1 Å². The zero-order valence-corrected chi connectivity index (χ0v) is 24.6. The van der Waals surface area contributed by atoms with Crippen LogP contribution in [0.15, 0.2) is 61.1 Å². The van der Waals surface area contributed by atoms with Gasteiger partial charge in [-0.1, -0.05) is 0 Å². The summed E-state index contributed by atoms with van der Waals surface area (Å²) in [5, 5.41) is 23.0. The number of hydrogen-bond acceptors (Lipinski definition) is 8. The summed E-state index contributed by atoms with van der Waals surface area (Å²) in [5.74, 6) is 0.249. The average molecular weight is 621 g/mol. The van der Waals surface area contributed by atoms with Gasteiger partial charge in [0.2, 0.25) is 5.91 Å². The van der Waals surface area contributed by atoms with E-state index >= 15 is 0 Å². The average Bonchev–Trinajstić information content (AvgIpc) is 3.47. The van der Waals surface area contributed by atoms with Gasteiger partial charge in [0.15, 0.2) is 11.5 Å². The minimum atomic E-state index is -2.89. The van der Waals surface area contributed by atoms with E-state index in [1.807, 2.05) is 23.5 Å². The minimum absolute atomic E-state index is 0.0229. The van der Waals surface area contributed by atoms with Crippen LogP contribution in [0.25, 0.3) is 16.9 Å². The fraction of sp³-hybridized carbons (Fsp3) is 0.375. The summed E-state index contributed by atoms with van der Waals surface area (Å²) in [5.41, 5.74) is 4.15. The fourth-order valence-corrected chi connectivity index (χ4v) is 6.02. The Hall–Kier alpha value is -4.62. The number of anilines is 2. The maximum atomic E-state index is 13.4. The summed E-state index contributed by atoms with van der Waals surface area (Å²) in [6.45, 7) is 0.466. The summed E-state index contributed by atoms with van der Waals surface area (Å²) in [6.07, 6.45) is 4.81. The van der Waals surface area contributed by atoms with Crippen molar-refractivity contribution in [3.8, 4) is 17.0 Å². The Kier molecular flexibility index (Phi) is 8.63. The second-order valence-corrected chi connectivity index (χ2v) is 11.4. The molecule has 0 radical (unpaired) electrons. The molecule has 6 rings (SSSR count). The van der Waals surface area contributed by atoms with Crippen molar-refractivity contribution >= 4 is 29.0 Å². The van der Waals surface area contributed by atoms with Crippen LogP contribution in [-0.4, -0.2) is 91.2 Å². The molecule has 3 N–H and O–H groups in total. The lowest BCUT2D eigenvalue weighted by atomic mass is 9.93. The fourth-order valence-electron chi connectivity index (χ4n) is 6.02. The first-order chi connectivity index (χ1) is 21.7. The molecule has 0 bridgehead atoms. The number of fused-ring (bicyclic) bond motifs is 1. The van der Waals surface area contributed by atoms with E-state index in [0.717, 1.165) is 22.5 Å². The number of carbonyl (C=O) groups is 2. The van der Waals surface area contributed by atoms with Crippen molar-refractivity contribution in [2.45, 2.75) is 45.0 Å². The number of ether oxygens (including phenoxy) is 1. The van der Waals surface area contributed by atoms with E-state index in [1.54, 1.807) is 46.6 Å². The summed E-state index contributed by atoms with van der Waals surface area (Å²) >= 11 is 0. The molecule has 0 aliphatic carbocycles. The van der Waals surface area contributed by atoms with Crippen molar-refractivity contribution < 1.29 is 33.3 Å². The molecule has 2 fully saturated rings. The molecule has 2 aliphatic heterocycles. The van der Waals surface area contributed by atoms with Crippen molar-refractivity contribution in [2.75, 3.05) is 31.5 Å². The number of hydrogen-bond donors (Lipinski definition) is 3. The second kappa shape index (κ2) is 12.8. The Morgan fingerprint density at radius 2 is 1.71 bits per heavy atom. The van der Waals surface area contributed by atoms with Crippen LogP contribution in [0.5, 0.6) is 5.75 Å². The van der Waals surface area contributed by atoms with E-state index in [9.17, 15) is 28.6 Å². The first kappa shape index (κ1) is 30.4. The van der Waals surface area contributed by atoms with Crippen LogP contribution in [0.2, 0.25) is 0 Å². The number of imidazole rings is 1. The Morgan fingerprint density at radius 1 is 0.978 bits per heavy atom. The Labute approximate surface area is 258 Å². The molecule has 236 valence electrons. The number of rotatable bonds is 7. The number of β-amino-alcohol motifs (C(OH)–C–C–N with tert-alkyl or cyclic N) is 1. The molecular formula is C32H34F2N6O5. The number of nitrogens with zero attached hydrogens (tertiary/aromatic N) is 5. The molecule has 4 heterocycles. The van der Waals surface area contributed by atoms with Crippen LogP contribution in [-0.2, 0) is 4.79 Å². The third-order valence-corrected chi connectivity index (χ3v) is 8.51. The van der Waals surface area contributed by atoms with Gasteiger partial charge in [-0.15, -0.1) is 0 Å². The molecule has 2 saturated heterocycles. The number of piperidine rings is 2. The number of aliphatic hydroxyl groups is 2. The molecule has 13 heteroatoms. The van der Waals surface area contributed by atoms with Gasteiger partial charge < -0.3 is 30.1 Å². The largest absolute Gasteiger partial charge is 0.435 e. The van der Waals surface area contributed by atoms with E-state index in [-0.39, 0.29) is 30.0 Å². The van der Waals surface area contributed by atoms with Gasteiger partial charge in [0.1, 0.15) is 5.75 Å². The molecule has 11 nitrogen and oxygen atoms in total. The van der Waals surface area contributed by atoms with Crippen LogP contribution in [0.4, 0.5) is 20.3 Å². The first-order valence-corrected chi connectivity index (χ1v) is 14.9. The van der Waals surface area contributed by atoms with Crippen LogP contribution >= 0.6 is 0 Å². The number of carbonyl (C=O) groups excluding carboxylic acids is 2. The maximum Gasteiger partial charge on any atom is 0.387 e. The Balaban J connectivity index is 1.10. The molecule has 2 atom stereocenters. The van der Waals surface area contributed by atoms with Gasteiger partial charge in [-0.25, -0.2) is 9.97 Å². The van der Waals surface area contributed by atoms with Crippen LogP contribution in [0.3, 0.4) is 0 Å². The first-order valence-electron chi connectivity index (χ1n) is 14.9. The molecule has 2 amide bonds. The molecule has 0 saturated carbocycles. The molecule has 0 unspecified atom stereocenters. The summed E-state index contributed by atoms with van der Waals surface area (Å²) in [7, 11) is 0. The number of aromatic nitrogens is 3. The lowest BCUT2D eigenvalue weighted by molar-refractivity contribution is -0.143. The van der Waals surface area contributed by atoms with E-state index < -0.39 is 18.8 Å². The number of alkyl halides is 2. The van der Waals surface area contributed by atoms with Crippen molar-refractivity contribution in [3.63, 3.8) is 0 Å². The molecule has 2 aromatic carbocycles. The monoisotopic (exact) mass is 620 g/mol. The Bertz CT molecular complexity index is 1690. The number of benzene rings is 2. The lowest BCUT2D eigenvalue weighted by Crippen LogP contribution is -2.52. The molecule has 45 heavy (non-hydrogen) atoms. The topological polar surface area (TPSA) is 133 Å². The van der Waals surface area contributed by atoms with Crippen LogP contribution in [0, 0.1) is 12.8 Å². The van der Waals surface area contributed by atoms with Crippen molar-refractivity contribution in [2.24, 2.45) is 5.92 Å². The van der Waals surface area contributed by atoms with E-state index in [4.69, 9.17) is 0 Å². The van der Waals surface area contributed by atoms with Crippen LogP contribution < -0.4 is 10.1 Å². The highest BCUT2D eigenvalue weighted by Gasteiger charge is 2.35. The predicted octanol–water partition coefficient (Wildman–Crippen LogP) is 3.86. The molecule has 4 aromatic rings. The SMILES string of the molecule is Cc1cc(Nc2nccn3c(-c4ccc(OC(F)F)cc4)cnc23)ccc1C(=O)N1CCC(C(=O)N2CC[C@@H](O)[C@H](O)C2)CC1. The summed E-state index contributed by atoms with van der Waals surface area (Å²) in [6, 6.07) is 11.8. The molecule has 2 aromatic heterocycles. The van der Waals surface area contributed by atoms with Gasteiger partial charge in [0.25, 0.3) is 5.91 Å². The maximum absolute atomic E-state index is 13.4. The van der Waals surface area contributed by atoms with Gasteiger partial charge in [-0.3, -0.25) is 14.0 Å². The predicted molar refractivity (Wildman–Crippen MR) is 161 cm³/mol. The highest BCUT2D eigenvalue weighted by Crippen LogP contribution is 2.29. The van der Waals surface area contributed by atoms with Crippen molar-refractivity contribution in [1.82, 2.24) is 24.2 Å². The molecule has 2 aliphatic rings. The number of amides is 2. The quantitative estimate of drug-likeness (QED) is 0.284. The third-order valence-electron chi connectivity index (χ3n) is 8.51. The number of aryl methyl sites for hydroxylation is 1. The van der Waals surface area contributed by atoms with Gasteiger partial charge in [-0.2, -0.15) is 8.78 Å². The zero-order valence-electron chi connectivity index (χ0n) is 24.6. The number of nitrogens with one attached hydrogen (secondary N) is 1. The number of likely N-dealkylation sites (tertiary alicyclic amines) is 2. The summed E-state index contributed by atoms with van der Waals surface area (Å²) < 4.78 is 31.3. The molecule has 0 spiro atoms. The lowest BCUT2D eigenvalue weighted by Gasteiger charge is -2.38. The van der Waals surface area contributed by atoms with Crippen molar-refractivity contribution in [1.29, 1.82) is 0 Å². The van der Waals surface area contributed by atoms with Gasteiger partial charge in [0.05, 0.1) is 24.1 Å².